The maximum atomic E-state index is 12.0. The zero-order valence-corrected chi connectivity index (χ0v) is 13.2. The third kappa shape index (κ3) is 4.41. The van der Waals surface area contributed by atoms with Crippen molar-refractivity contribution in [2.24, 2.45) is 0 Å². The summed E-state index contributed by atoms with van der Waals surface area (Å²) >= 11 is 6.70. The zero-order chi connectivity index (χ0) is 13.1. The van der Waals surface area contributed by atoms with Crippen LogP contribution < -0.4 is 5.32 Å². The molecule has 3 nitrogen and oxygen atoms in total. The summed E-state index contributed by atoms with van der Waals surface area (Å²) in [6.07, 6.45) is 0. The molecule has 1 aromatic rings. The standard InChI is InChI=1S/C12H15Br2NO2/c1-12(2,17-3)7-15-11(16)9-6-8(13)4-5-10(9)14/h4-6H,7H2,1-3H3,(H,15,16). The number of carbonyl (C=O) groups excluding carboxylic acids is 1. The van der Waals surface area contributed by atoms with Gasteiger partial charge >= 0.3 is 0 Å². The first-order valence-electron chi connectivity index (χ1n) is 5.14. The minimum Gasteiger partial charge on any atom is -0.377 e. The first-order valence-corrected chi connectivity index (χ1v) is 6.73. The molecule has 0 aliphatic rings. The van der Waals surface area contributed by atoms with Crippen LogP contribution in [-0.4, -0.2) is 25.2 Å². The topological polar surface area (TPSA) is 38.3 Å². The fourth-order valence-corrected chi connectivity index (χ4v) is 1.92. The molecule has 0 bridgehead atoms. The molecule has 0 fully saturated rings. The molecule has 0 atom stereocenters. The number of benzene rings is 1. The van der Waals surface area contributed by atoms with Crippen LogP contribution in [0.1, 0.15) is 24.2 Å². The Morgan fingerprint density at radius 3 is 2.65 bits per heavy atom. The van der Waals surface area contributed by atoms with Crippen molar-refractivity contribution in [2.45, 2.75) is 19.4 Å². The largest absolute Gasteiger partial charge is 0.377 e. The van der Waals surface area contributed by atoms with Gasteiger partial charge in [-0.1, -0.05) is 15.9 Å². The molecule has 0 saturated carbocycles. The summed E-state index contributed by atoms with van der Waals surface area (Å²) in [7, 11) is 1.63. The monoisotopic (exact) mass is 363 g/mol. The molecule has 0 aromatic heterocycles. The van der Waals surface area contributed by atoms with Gasteiger partial charge in [0, 0.05) is 22.6 Å². The quantitative estimate of drug-likeness (QED) is 0.889. The van der Waals surface area contributed by atoms with E-state index in [1.165, 1.54) is 0 Å². The predicted molar refractivity (Wildman–Crippen MR) is 75.3 cm³/mol. The fourth-order valence-electron chi connectivity index (χ4n) is 1.13. The molecule has 0 radical (unpaired) electrons. The van der Waals surface area contributed by atoms with E-state index < -0.39 is 0 Å². The van der Waals surface area contributed by atoms with E-state index in [0.717, 1.165) is 8.95 Å². The average molecular weight is 365 g/mol. The minimum absolute atomic E-state index is 0.122. The van der Waals surface area contributed by atoms with Crippen LogP contribution >= 0.6 is 31.9 Å². The van der Waals surface area contributed by atoms with Gasteiger partial charge in [-0.3, -0.25) is 4.79 Å². The van der Waals surface area contributed by atoms with Crippen LogP contribution in [0.2, 0.25) is 0 Å². The molecule has 0 saturated heterocycles. The van der Waals surface area contributed by atoms with E-state index in [4.69, 9.17) is 4.74 Å². The van der Waals surface area contributed by atoms with Gasteiger partial charge in [0.1, 0.15) is 0 Å². The van der Waals surface area contributed by atoms with E-state index >= 15 is 0 Å². The average Bonchev–Trinajstić information content (AvgIpc) is 2.29. The van der Waals surface area contributed by atoms with Crippen LogP contribution in [0.25, 0.3) is 0 Å². The van der Waals surface area contributed by atoms with E-state index in [9.17, 15) is 4.79 Å². The second-order valence-electron chi connectivity index (χ2n) is 4.27. The maximum absolute atomic E-state index is 12.0. The van der Waals surface area contributed by atoms with E-state index in [1.807, 2.05) is 26.0 Å². The molecule has 94 valence electrons. The van der Waals surface area contributed by atoms with Crippen LogP contribution in [0, 0.1) is 0 Å². The van der Waals surface area contributed by atoms with E-state index in [1.54, 1.807) is 13.2 Å². The number of methoxy groups -OCH3 is 1. The molecule has 0 unspecified atom stereocenters. The Morgan fingerprint density at radius 1 is 1.41 bits per heavy atom. The first kappa shape index (κ1) is 14.7. The second-order valence-corrected chi connectivity index (χ2v) is 6.04. The smallest absolute Gasteiger partial charge is 0.252 e. The van der Waals surface area contributed by atoms with Gasteiger partial charge in [-0.15, -0.1) is 0 Å². The number of hydrogen-bond acceptors (Lipinski definition) is 2. The van der Waals surface area contributed by atoms with Gasteiger partial charge in [0.25, 0.3) is 5.91 Å². The summed E-state index contributed by atoms with van der Waals surface area (Å²) in [5.41, 5.74) is 0.236. The van der Waals surface area contributed by atoms with Gasteiger partial charge in [-0.25, -0.2) is 0 Å². The zero-order valence-electron chi connectivity index (χ0n) is 10.0. The van der Waals surface area contributed by atoms with E-state index in [2.05, 4.69) is 37.2 Å². The molecular weight excluding hydrogens is 350 g/mol. The molecule has 1 aromatic carbocycles. The lowest BCUT2D eigenvalue weighted by Gasteiger charge is -2.23. The van der Waals surface area contributed by atoms with Gasteiger partial charge in [0.05, 0.1) is 11.2 Å². The maximum Gasteiger partial charge on any atom is 0.252 e. The van der Waals surface area contributed by atoms with Gasteiger partial charge in [0.2, 0.25) is 0 Å². The lowest BCUT2D eigenvalue weighted by molar-refractivity contribution is 0.0228. The number of amides is 1. The molecule has 0 spiro atoms. The Kier molecular flexibility index (Phi) is 5.16. The van der Waals surface area contributed by atoms with Gasteiger partial charge in [-0.05, 0) is 48.0 Å². The summed E-state index contributed by atoms with van der Waals surface area (Å²) < 4.78 is 6.89. The molecule has 0 heterocycles. The lowest BCUT2D eigenvalue weighted by atomic mass is 10.1. The summed E-state index contributed by atoms with van der Waals surface area (Å²) in [5.74, 6) is -0.122. The fraction of sp³-hybridized carbons (Fsp3) is 0.417. The van der Waals surface area contributed by atoms with Gasteiger partial charge < -0.3 is 10.1 Å². The highest BCUT2D eigenvalue weighted by Gasteiger charge is 2.18. The van der Waals surface area contributed by atoms with Crippen molar-refractivity contribution in [3.63, 3.8) is 0 Å². The van der Waals surface area contributed by atoms with Crippen molar-refractivity contribution in [1.82, 2.24) is 5.32 Å². The summed E-state index contributed by atoms with van der Waals surface area (Å²) in [4.78, 5) is 12.0. The highest BCUT2D eigenvalue weighted by Crippen LogP contribution is 2.21. The normalized spacial score (nSPS) is 11.4. The highest BCUT2D eigenvalue weighted by molar-refractivity contribution is 9.11. The van der Waals surface area contributed by atoms with Crippen molar-refractivity contribution in [3.05, 3.63) is 32.7 Å². The van der Waals surface area contributed by atoms with Crippen LogP contribution in [0.3, 0.4) is 0 Å². The molecule has 1 N–H and O–H groups in total. The van der Waals surface area contributed by atoms with Gasteiger partial charge in [0.15, 0.2) is 0 Å². The van der Waals surface area contributed by atoms with Crippen LogP contribution in [0.4, 0.5) is 0 Å². The molecule has 5 heteroatoms. The van der Waals surface area contributed by atoms with Crippen molar-refractivity contribution in [3.8, 4) is 0 Å². The number of ether oxygens (including phenoxy) is 1. The molecule has 0 aliphatic carbocycles. The van der Waals surface area contributed by atoms with Gasteiger partial charge in [-0.2, -0.15) is 0 Å². The Morgan fingerprint density at radius 2 is 2.06 bits per heavy atom. The molecule has 1 amide bonds. The van der Waals surface area contributed by atoms with Crippen molar-refractivity contribution < 1.29 is 9.53 Å². The third-order valence-electron chi connectivity index (χ3n) is 2.40. The van der Waals surface area contributed by atoms with Crippen LogP contribution in [0.5, 0.6) is 0 Å². The Hall–Kier alpha value is -0.390. The summed E-state index contributed by atoms with van der Waals surface area (Å²) in [6, 6.07) is 5.49. The number of hydrogen-bond donors (Lipinski definition) is 1. The number of rotatable bonds is 4. The number of nitrogens with one attached hydrogen (secondary N) is 1. The Balaban J connectivity index is 2.74. The second kappa shape index (κ2) is 5.98. The van der Waals surface area contributed by atoms with E-state index in [0.29, 0.717) is 12.1 Å². The molecule has 17 heavy (non-hydrogen) atoms. The molecule has 1 rings (SSSR count). The van der Waals surface area contributed by atoms with Crippen molar-refractivity contribution in [1.29, 1.82) is 0 Å². The first-order chi connectivity index (χ1) is 7.85. The summed E-state index contributed by atoms with van der Waals surface area (Å²) in [6.45, 7) is 4.30. The SMILES string of the molecule is COC(C)(C)CNC(=O)c1cc(Br)ccc1Br. The van der Waals surface area contributed by atoms with Crippen molar-refractivity contribution >= 4 is 37.8 Å². The van der Waals surface area contributed by atoms with Crippen LogP contribution in [-0.2, 0) is 4.74 Å². The Labute approximate surface area is 118 Å². The van der Waals surface area contributed by atoms with Crippen LogP contribution in [0.15, 0.2) is 27.1 Å². The predicted octanol–water partition coefficient (Wildman–Crippen LogP) is 3.37. The van der Waals surface area contributed by atoms with E-state index in [-0.39, 0.29) is 11.5 Å². The summed E-state index contributed by atoms with van der Waals surface area (Å²) in [5, 5.41) is 2.84. The number of carbonyl (C=O) groups is 1. The molecule has 0 aliphatic heterocycles. The lowest BCUT2D eigenvalue weighted by Crippen LogP contribution is -2.39. The highest BCUT2D eigenvalue weighted by atomic mass is 79.9. The Bertz CT molecular complexity index is 419. The third-order valence-corrected chi connectivity index (χ3v) is 3.59. The minimum atomic E-state index is -0.367. The molecular formula is C12H15Br2NO2. The number of halogens is 2. The van der Waals surface area contributed by atoms with Crippen molar-refractivity contribution in [2.75, 3.05) is 13.7 Å².